The quantitative estimate of drug-likeness (QED) is 0.701. The molecule has 3 heteroatoms. The Kier molecular flexibility index (Phi) is 6.12. The van der Waals surface area contributed by atoms with Crippen molar-refractivity contribution in [1.82, 2.24) is 4.98 Å². The third-order valence-electron chi connectivity index (χ3n) is 3.37. The maximum absolute atomic E-state index is 4.44. The standard InChI is InChI=1S/C18H24N2S/c1-4-11-19-18-16(6-5-12-20-18)13-21-17-9-7-15(8-10-17)14(2)3/h5-10,12,14H,4,11,13H2,1-3H3,(H,19,20). The number of nitrogens with zero attached hydrogens (tertiary/aromatic N) is 1. The fourth-order valence-corrected chi connectivity index (χ4v) is 2.95. The van der Waals surface area contributed by atoms with Crippen LogP contribution in [0.25, 0.3) is 0 Å². The van der Waals surface area contributed by atoms with E-state index in [1.807, 2.05) is 24.0 Å². The first-order chi connectivity index (χ1) is 10.2. The van der Waals surface area contributed by atoms with Crippen LogP contribution in [0.2, 0.25) is 0 Å². The molecule has 0 radical (unpaired) electrons. The Bertz CT molecular complexity index is 549. The summed E-state index contributed by atoms with van der Waals surface area (Å²) in [5.74, 6) is 2.55. The van der Waals surface area contributed by atoms with Crippen LogP contribution in [0, 0.1) is 0 Å². The molecule has 0 spiro atoms. The zero-order valence-corrected chi connectivity index (χ0v) is 13.9. The Balaban J connectivity index is 1.99. The average molecular weight is 300 g/mol. The van der Waals surface area contributed by atoms with Crippen molar-refractivity contribution in [3.8, 4) is 0 Å². The lowest BCUT2D eigenvalue weighted by Crippen LogP contribution is -2.04. The topological polar surface area (TPSA) is 24.9 Å². The summed E-state index contributed by atoms with van der Waals surface area (Å²) in [6, 6.07) is 13.1. The van der Waals surface area contributed by atoms with Crippen LogP contribution in [0.1, 0.15) is 44.2 Å². The van der Waals surface area contributed by atoms with Gasteiger partial charge < -0.3 is 5.32 Å². The number of pyridine rings is 1. The minimum atomic E-state index is 0.590. The van der Waals surface area contributed by atoms with Crippen LogP contribution in [0.3, 0.4) is 0 Å². The molecule has 0 saturated heterocycles. The van der Waals surface area contributed by atoms with Crippen molar-refractivity contribution in [2.24, 2.45) is 0 Å². The fraction of sp³-hybridized carbons (Fsp3) is 0.389. The van der Waals surface area contributed by atoms with Gasteiger partial charge in [-0.3, -0.25) is 0 Å². The highest BCUT2D eigenvalue weighted by atomic mass is 32.2. The maximum atomic E-state index is 4.44. The number of nitrogens with one attached hydrogen (secondary N) is 1. The maximum Gasteiger partial charge on any atom is 0.129 e. The van der Waals surface area contributed by atoms with Gasteiger partial charge in [-0.15, -0.1) is 11.8 Å². The van der Waals surface area contributed by atoms with Gasteiger partial charge in [0.15, 0.2) is 0 Å². The molecule has 112 valence electrons. The lowest BCUT2D eigenvalue weighted by molar-refractivity contribution is 0.865. The zero-order valence-electron chi connectivity index (χ0n) is 13.1. The average Bonchev–Trinajstić information content (AvgIpc) is 2.52. The van der Waals surface area contributed by atoms with Crippen molar-refractivity contribution in [3.05, 3.63) is 53.7 Å². The van der Waals surface area contributed by atoms with E-state index in [0.29, 0.717) is 5.92 Å². The number of hydrogen-bond acceptors (Lipinski definition) is 3. The van der Waals surface area contributed by atoms with Gasteiger partial charge in [0.2, 0.25) is 0 Å². The lowest BCUT2D eigenvalue weighted by Gasteiger charge is -2.10. The van der Waals surface area contributed by atoms with Crippen LogP contribution in [0.15, 0.2) is 47.5 Å². The number of thioether (sulfide) groups is 1. The molecule has 1 heterocycles. The van der Waals surface area contributed by atoms with Gasteiger partial charge in [-0.1, -0.05) is 39.0 Å². The van der Waals surface area contributed by atoms with Crippen LogP contribution in [-0.2, 0) is 5.75 Å². The predicted octanol–water partition coefficient (Wildman–Crippen LogP) is 5.32. The molecule has 0 fully saturated rings. The van der Waals surface area contributed by atoms with Crippen molar-refractivity contribution in [3.63, 3.8) is 0 Å². The number of hydrogen-bond donors (Lipinski definition) is 1. The molecular weight excluding hydrogens is 276 g/mol. The minimum absolute atomic E-state index is 0.590. The molecule has 2 nitrogen and oxygen atoms in total. The first-order valence-electron chi connectivity index (χ1n) is 7.61. The summed E-state index contributed by atoms with van der Waals surface area (Å²) >= 11 is 1.86. The largest absolute Gasteiger partial charge is 0.370 e. The first kappa shape index (κ1) is 15.9. The molecule has 1 aromatic carbocycles. The monoisotopic (exact) mass is 300 g/mol. The van der Waals surface area contributed by atoms with Gasteiger partial charge in [0.1, 0.15) is 5.82 Å². The molecule has 0 aliphatic carbocycles. The highest BCUT2D eigenvalue weighted by Crippen LogP contribution is 2.27. The summed E-state index contributed by atoms with van der Waals surface area (Å²) < 4.78 is 0. The van der Waals surface area contributed by atoms with Crippen LogP contribution in [-0.4, -0.2) is 11.5 Å². The molecular formula is C18H24N2S. The number of benzene rings is 1. The van der Waals surface area contributed by atoms with Crippen LogP contribution < -0.4 is 5.32 Å². The highest BCUT2D eigenvalue weighted by Gasteiger charge is 2.04. The van der Waals surface area contributed by atoms with E-state index < -0.39 is 0 Å². The van der Waals surface area contributed by atoms with Crippen LogP contribution >= 0.6 is 11.8 Å². The van der Waals surface area contributed by atoms with E-state index in [9.17, 15) is 0 Å². The second-order valence-electron chi connectivity index (χ2n) is 5.45. The molecule has 0 atom stereocenters. The summed E-state index contributed by atoms with van der Waals surface area (Å²) in [6.07, 6.45) is 2.96. The molecule has 0 bridgehead atoms. The molecule has 21 heavy (non-hydrogen) atoms. The molecule has 0 aliphatic heterocycles. The van der Waals surface area contributed by atoms with Gasteiger partial charge >= 0.3 is 0 Å². The van der Waals surface area contributed by atoms with Gasteiger partial charge in [-0.05, 0) is 36.1 Å². The van der Waals surface area contributed by atoms with E-state index in [1.165, 1.54) is 16.0 Å². The molecule has 2 aromatic rings. The smallest absolute Gasteiger partial charge is 0.129 e. The fourth-order valence-electron chi connectivity index (χ4n) is 2.07. The van der Waals surface area contributed by atoms with Crippen LogP contribution in [0.4, 0.5) is 5.82 Å². The molecule has 0 saturated carbocycles. The van der Waals surface area contributed by atoms with Crippen molar-refractivity contribution >= 4 is 17.6 Å². The number of anilines is 1. The van der Waals surface area contributed by atoms with Crippen molar-refractivity contribution in [2.75, 3.05) is 11.9 Å². The van der Waals surface area contributed by atoms with Gasteiger partial charge in [0.25, 0.3) is 0 Å². The van der Waals surface area contributed by atoms with Gasteiger partial charge in [-0.25, -0.2) is 4.98 Å². The molecule has 0 amide bonds. The second-order valence-corrected chi connectivity index (χ2v) is 6.50. The number of rotatable bonds is 7. The summed E-state index contributed by atoms with van der Waals surface area (Å²) in [5, 5.41) is 3.40. The van der Waals surface area contributed by atoms with E-state index in [2.05, 4.69) is 61.4 Å². The van der Waals surface area contributed by atoms with E-state index >= 15 is 0 Å². The minimum Gasteiger partial charge on any atom is -0.370 e. The molecule has 0 aliphatic rings. The summed E-state index contributed by atoms with van der Waals surface area (Å²) in [5.41, 5.74) is 2.66. The van der Waals surface area contributed by atoms with Gasteiger partial charge in [0, 0.05) is 29.0 Å². The predicted molar refractivity (Wildman–Crippen MR) is 93.1 cm³/mol. The second kappa shape index (κ2) is 8.08. The lowest BCUT2D eigenvalue weighted by atomic mass is 10.0. The normalized spacial score (nSPS) is 10.9. The van der Waals surface area contributed by atoms with E-state index in [4.69, 9.17) is 0 Å². The zero-order chi connectivity index (χ0) is 15.1. The molecule has 1 aromatic heterocycles. The van der Waals surface area contributed by atoms with Gasteiger partial charge in [-0.2, -0.15) is 0 Å². The molecule has 1 N–H and O–H groups in total. The SMILES string of the molecule is CCCNc1ncccc1CSc1ccc(C(C)C)cc1. The van der Waals surface area contributed by atoms with E-state index in [-0.39, 0.29) is 0 Å². The van der Waals surface area contributed by atoms with Gasteiger partial charge in [0.05, 0.1) is 0 Å². The van der Waals surface area contributed by atoms with E-state index in [0.717, 1.165) is 24.5 Å². The van der Waals surface area contributed by atoms with Crippen molar-refractivity contribution in [1.29, 1.82) is 0 Å². The summed E-state index contributed by atoms with van der Waals surface area (Å²) in [4.78, 5) is 5.75. The summed E-state index contributed by atoms with van der Waals surface area (Å²) in [6.45, 7) is 7.59. The van der Waals surface area contributed by atoms with E-state index in [1.54, 1.807) is 0 Å². The van der Waals surface area contributed by atoms with Crippen molar-refractivity contribution < 1.29 is 0 Å². The Labute approximate surface area is 132 Å². The first-order valence-corrected chi connectivity index (χ1v) is 8.59. The Morgan fingerprint density at radius 2 is 1.90 bits per heavy atom. The molecule has 2 rings (SSSR count). The molecule has 0 unspecified atom stereocenters. The third-order valence-corrected chi connectivity index (χ3v) is 4.44. The Morgan fingerprint density at radius 3 is 2.57 bits per heavy atom. The Morgan fingerprint density at radius 1 is 1.14 bits per heavy atom. The summed E-state index contributed by atoms with van der Waals surface area (Å²) in [7, 11) is 0. The third kappa shape index (κ3) is 4.78. The number of aromatic nitrogens is 1. The van der Waals surface area contributed by atoms with Crippen molar-refractivity contribution in [2.45, 2.75) is 43.8 Å². The Hall–Kier alpha value is -1.48. The van der Waals surface area contributed by atoms with Crippen LogP contribution in [0.5, 0.6) is 0 Å². The highest BCUT2D eigenvalue weighted by molar-refractivity contribution is 7.98.